The molecule has 2 aliphatic rings. The topological polar surface area (TPSA) is 78.0 Å². The minimum absolute atomic E-state index is 0.0327. The SMILES string of the molecule is Cc1ccc(C(=O)N2CCCN(C(=O)c3ccc4c(c3)C(=O)N(C(C)C)C4=O)CC2)cc1. The van der Waals surface area contributed by atoms with Gasteiger partial charge >= 0.3 is 0 Å². The van der Waals surface area contributed by atoms with Crippen LogP contribution in [0.3, 0.4) is 0 Å². The fourth-order valence-corrected chi connectivity index (χ4v) is 4.25. The third kappa shape index (κ3) is 3.90. The molecule has 1 fully saturated rings. The Hall–Kier alpha value is -3.48. The third-order valence-electron chi connectivity index (χ3n) is 6.05. The smallest absolute Gasteiger partial charge is 0.261 e. The van der Waals surface area contributed by atoms with Crippen LogP contribution in [0.4, 0.5) is 0 Å². The van der Waals surface area contributed by atoms with Crippen LogP contribution in [0.2, 0.25) is 0 Å². The molecule has 166 valence electrons. The summed E-state index contributed by atoms with van der Waals surface area (Å²) in [4.78, 5) is 55.9. The predicted molar refractivity (Wildman–Crippen MR) is 120 cm³/mol. The molecule has 2 aromatic carbocycles. The lowest BCUT2D eigenvalue weighted by Crippen LogP contribution is -2.37. The van der Waals surface area contributed by atoms with Gasteiger partial charge in [0.1, 0.15) is 0 Å². The van der Waals surface area contributed by atoms with Crippen LogP contribution in [0.5, 0.6) is 0 Å². The zero-order valence-corrected chi connectivity index (χ0v) is 18.6. The molecule has 4 rings (SSSR count). The summed E-state index contributed by atoms with van der Waals surface area (Å²) in [5, 5.41) is 0. The van der Waals surface area contributed by atoms with Crippen molar-refractivity contribution in [2.24, 2.45) is 0 Å². The molecule has 0 bridgehead atoms. The van der Waals surface area contributed by atoms with Gasteiger partial charge in [0.05, 0.1) is 11.1 Å². The van der Waals surface area contributed by atoms with Gasteiger partial charge in [-0.1, -0.05) is 17.7 Å². The molecule has 2 heterocycles. The summed E-state index contributed by atoms with van der Waals surface area (Å²) in [7, 11) is 0. The van der Waals surface area contributed by atoms with Crippen LogP contribution in [0.15, 0.2) is 42.5 Å². The number of nitrogens with zero attached hydrogens (tertiary/aromatic N) is 3. The van der Waals surface area contributed by atoms with Gasteiger partial charge in [-0.15, -0.1) is 0 Å². The zero-order valence-electron chi connectivity index (χ0n) is 18.6. The molecule has 0 radical (unpaired) electrons. The fourth-order valence-electron chi connectivity index (χ4n) is 4.25. The number of hydrogen-bond acceptors (Lipinski definition) is 4. The van der Waals surface area contributed by atoms with E-state index in [9.17, 15) is 19.2 Å². The third-order valence-corrected chi connectivity index (χ3v) is 6.05. The first-order valence-corrected chi connectivity index (χ1v) is 10.9. The number of fused-ring (bicyclic) bond motifs is 1. The minimum Gasteiger partial charge on any atom is -0.337 e. The van der Waals surface area contributed by atoms with Crippen LogP contribution in [-0.4, -0.2) is 70.5 Å². The standard InChI is InChI=1S/C25H27N3O4/c1-16(2)28-24(31)20-10-9-19(15-21(20)25(28)32)23(30)27-12-4-11-26(13-14-27)22(29)18-7-5-17(3)6-8-18/h5-10,15-16H,4,11-14H2,1-3H3. The summed E-state index contributed by atoms with van der Waals surface area (Å²) in [6, 6.07) is 11.9. The Morgan fingerprint density at radius 3 is 1.88 bits per heavy atom. The van der Waals surface area contributed by atoms with E-state index in [0.29, 0.717) is 49.3 Å². The second-order valence-electron chi connectivity index (χ2n) is 8.64. The summed E-state index contributed by atoms with van der Waals surface area (Å²) < 4.78 is 0. The van der Waals surface area contributed by atoms with Crippen molar-refractivity contribution < 1.29 is 19.2 Å². The van der Waals surface area contributed by atoms with Gasteiger partial charge in [-0.25, -0.2) is 0 Å². The molecule has 0 aromatic heterocycles. The first kappa shape index (κ1) is 21.7. The Balaban J connectivity index is 1.47. The van der Waals surface area contributed by atoms with Crippen LogP contribution in [0.1, 0.15) is 67.3 Å². The highest BCUT2D eigenvalue weighted by Gasteiger charge is 2.37. The van der Waals surface area contributed by atoms with E-state index >= 15 is 0 Å². The molecule has 0 spiro atoms. The number of carbonyl (C=O) groups excluding carboxylic acids is 4. The molecule has 0 saturated carbocycles. The molecule has 2 aliphatic heterocycles. The van der Waals surface area contributed by atoms with Crippen LogP contribution in [0, 0.1) is 6.92 Å². The predicted octanol–water partition coefficient (Wildman–Crippen LogP) is 2.99. The average Bonchev–Trinajstić information content (AvgIpc) is 2.93. The van der Waals surface area contributed by atoms with Crippen molar-refractivity contribution in [1.82, 2.24) is 14.7 Å². The Labute approximate surface area is 187 Å². The van der Waals surface area contributed by atoms with Crippen molar-refractivity contribution in [3.05, 3.63) is 70.3 Å². The maximum absolute atomic E-state index is 13.2. The Bertz CT molecular complexity index is 1090. The number of hydrogen-bond donors (Lipinski definition) is 0. The number of carbonyl (C=O) groups is 4. The second-order valence-corrected chi connectivity index (χ2v) is 8.64. The summed E-state index contributed by atoms with van der Waals surface area (Å²) in [5.74, 6) is -0.908. The van der Waals surface area contributed by atoms with E-state index in [1.54, 1.807) is 35.8 Å². The summed E-state index contributed by atoms with van der Waals surface area (Å²) >= 11 is 0. The molecule has 0 N–H and O–H groups in total. The number of imide groups is 1. The highest BCUT2D eigenvalue weighted by molar-refractivity contribution is 6.22. The van der Waals surface area contributed by atoms with Crippen LogP contribution in [-0.2, 0) is 0 Å². The van der Waals surface area contributed by atoms with E-state index in [2.05, 4.69) is 0 Å². The van der Waals surface area contributed by atoms with E-state index in [-0.39, 0.29) is 35.2 Å². The molecule has 2 aromatic rings. The van der Waals surface area contributed by atoms with Crippen molar-refractivity contribution in [2.45, 2.75) is 33.2 Å². The second kappa shape index (κ2) is 8.57. The van der Waals surface area contributed by atoms with Gasteiger partial charge < -0.3 is 9.80 Å². The van der Waals surface area contributed by atoms with Crippen molar-refractivity contribution in [2.75, 3.05) is 26.2 Å². The molecule has 32 heavy (non-hydrogen) atoms. The molecule has 0 unspecified atom stereocenters. The monoisotopic (exact) mass is 433 g/mol. The maximum atomic E-state index is 13.2. The number of benzene rings is 2. The van der Waals surface area contributed by atoms with Gasteiger partial charge in [0.25, 0.3) is 23.6 Å². The quantitative estimate of drug-likeness (QED) is 0.698. The van der Waals surface area contributed by atoms with E-state index < -0.39 is 0 Å². The molecule has 7 heteroatoms. The van der Waals surface area contributed by atoms with Gasteiger partial charge in [-0.05, 0) is 57.5 Å². The lowest BCUT2D eigenvalue weighted by atomic mass is 10.0. The highest BCUT2D eigenvalue weighted by Crippen LogP contribution is 2.26. The number of amides is 4. The number of aryl methyl sites for hydroxylation is 1. The first-order chi connectivity index (χ1) is 15.3. The molecule has 7 nitrogen and oxygen atoms in total. The zero-order chi connectivity index (χ0) is 23.0. The van der Waals surface area contributed by atoms with Crippen molar-refractivity contribution in [3.63, 3.8) is 0 Å². The van der Waals surface area contributed by atoms with Crippen molar-refractivity contribution in [3.8, 4) is 0 Å². The molecule has 0 aliphatic carbocycles. The van der Waals surface area contributed by atoms with Gasteiger partial charge in [0.15, 0.2) is 0 Å². The Morgan fingerprint density at radius 2 is 1.28 bits per heavy atom. The molecular formula is C25H27N3O4. The lowest BCUT2D eigenvalue weighted by molar-refractivity contribution is 0.0608. The van der Waals surface area contributed by atoms with Crippen molar-refractivity contribution in [1.29, 1.82) is 0 Å². The molecule has 0 atom stereocenters. The van der Waals surface area contributed by atoms with Gasteiger partial charge in [-0.2, -0.15) is 0 Å². The van der Waals surface area contributed by atoms with E-state index in [1.165, 1.54) is 11.0 Å². The number of rotatable bonds is 3. The molecular weight excluding hydrogens is 406 g/mol. The minimum atomic E-state index is -0.361. The normalized spacial score (nSPS) is 16.4. The van der Waals surface area contributed by atoms with Gasteiger partial charge in [-0.3, -0.25) is 24.1 Å². The van der Waals surface area contributed by atoms with E-state index in [4.69, 9.17) is 0 Å². The fraction of sp³-hybridized carbons (Fsp3) is 0.360. The summed E-state index contributed by atoms with van der Waals surface area (Å²) in [5.41, 5.74) is 2.74. The Morgan fingerprint density at radius 1 is 0.750 bits per heavy atom. The largest absolute Gasteiger partial charge is 0.337 e. The van der Waals surface area contributed by atoms with Crippen LogP contribution >= 0.6 is 0 Å². The summed E-state index contributed by atoms with van der Waals surface area (Å²) in [6.07, 6.45) is 0.673. The molecule has 1 saturated heterocycles. The van der Waals surface area contributed by atoms with Gasteiger partial charge in [0, 0.05) is 43.3 Å². The maximum Gasteiger partial charge on any atom is 0.261 e. The van der Waals surface area contributed by atoms with Crippen LogP contribution in [0.25, 0.3) is 0 Å². The van der Waals surface area contributed by atoms with Crippen molar-refractivity contribution >= 4 is 23.6 Å². The first-order valence-electron chi connectivity index (χ1n) is 10.9. The Kier molecular flexibility index (Phi) is 5.82. The highest BCUT2D eigenvalue weighted by atomic mass is 16.2. The average molecular weight is 434 g/mol. The van der Waals surface area contributed by atoms with E-state index in [1.807, 2.05) is 31.2 Å². The molecule has 4 amide bonds. The summed E-state index contributed by atoms with van der Waals surface area (Å²) in [6.45, 7) is 7.52. The lowest BCUT2D eigenvalue weighted by Gasteiger charge is -2.22. The van der Waals surface area contributed by atoms with E-state index in [0.717, 1.165) is 5.56 Å². The van der Waals surface area contributed by atoms with Gasteiger partial charge in [0.2, 0.25) is 0 Å². The van der Waals surface area contributed by atoms with Crippen LogP contribution < -0.4 is 0 Å².